The van der Waals surface area contributed by atoms with Crippen LogP contribution in [0.4, 0.5) is 0 Å². The summed E-state index contributed by atoms with van der Waals surface area (Å²) < 4.78 is 5.51. The molecule has 0 saturated heterocycles. The van der Waals surface area contributed by atoms with Crippen molar-refractivity contribution in [3.63, 3.8) is 0 Å². The highest BCUT2D eigenvalue weighted by atomic mass is 16.5. The van der Waals surface area contributed by atoms with E-state index in [2.05, 4.69) is 0 Å². The zero-order chi connectivity index (χ0) is 8.10. The highest BCUT2D eigenvalue weighted by Crippen LogP contribution is 2.28. The summed E-state index contributed by atoms with van der Waals surface area (Å²) in [4.78, 5) is 0. The summed E-state index contributed by atoms with van der Waals surface area (Å²) in [6, 6.07) is 0. The van der Waals surface area contributed by atoms with Crippen molar-refractivity contribution in [2.45, 2.75) is 25.9 Å². The molecule has 0 aliphatic heterocycles. The van der Waals surface area contributed by atoms with E-state index in [1.54, 1.807) is 0 Å². The van der Waals surface area contributed by atoms with Gasteiger partial charge in [0.25, 0.3) is 0 Å². The molecule has 11 heavy (non-hydrogen) atoms. The van der Waals surface area contributed by atoms with E-state index in [-0.39, 0.29) is 0 Å². The van der Waals surface area contributed by atoms with Crippen LogP contribution < -0.4 is 5.73 Å². The summed E-state index contributed by atoms with van der Waals surface area (Å²) in [6.07, 6.45) is 6.86. The van der Waals surface area contributed by atoms with Gasteiger partial charge in [0.05, 0.1) is 12.7 Å². The molecule has 0 spiro atoms. The van der Waals surface area contributed by atoms with Crippen molar-refractivity contribution in [2.24, 2.45) is 11.7 Å². The number of allylic oxidation sites excluding steroid dienone is 1. The molecule has 2 heteroatoms. The molecule has 2 nitrogen and oxygen atoms in total. The molecule has 1 aliphatic rings. The van der Waals surface area contributed by atoms with Crippen LogP contribution in [0.5, 0.6) is 0 Å². The summed E-state index contributed by atoms with van der Waals surface area (Å²) in [5.41, 5.74) is 5.48. The SMILES string of the molecule is CC=CCOC1CC(CN)C1. The molecule has 0 amide bonds. The van der Waals surface area contributed by atoms with Gasteiger partial charge in [0, 0.05) is 0 Å². The van der Waals surface area contributed by atoms with Gasteiger partial charge in [-0.15, -0.1) is 0 Å². The maximum Gasteiger partial charge on any atom is 0.0651 e. The monoisotopic (exact) mass is 155 g/mol. The second-order valence-electron chi connectivity index (χ2n) is 3.10. The molecule has 1 fully saturated rings. The van der Waals surface area contributed by atoms with Gasteiger partial charge in [-0.05, 0) is 32.2 Å². The number of hydrogen-bond acceptors (Lipinski definition) is 2. The Bertz CT molecular complexity index is 128. The molecule has 1 aliphatic carbocycles. The Labute approximate surface area is 68.4 Å². The largest absolute Gasteiger partial charge is 0.374 e. The van der Waals surface area contributed by atoms with Crippen LogP contribution in [0.15, 0.2) is 12.2 Å². The summed E-state index contributed by atoms with van der Waals surface area (Å²) in [7, 11) is 0. The van der Waals surface area contributed by atoms with Crippen molar-refractivity contribution in [2.75, 3.05) is 13.2 Å². The van der Waals surface area contributed by atoms with Crippen LogP contribution in [-0.4, -0.2) is 19.3 Å². The molecular formula is C9H17NO. The molecule has 1 saturated carbocycles. The first kappa shape index (κ1) is 8.75. The average Bonchev–Trinajstić information content (AvgIpc) is 1.94. The number of nitrogens with two attached hydrogens (primary N) is 1. The van der Waals surface area contributed by atoms with Crippen LogP contribution in [0.25, 0.3) is 0 Å². The lowest BCUT2D eigenvalue weighted by molar-refractivity contribution is -0.0142. The van der Waals surface area contributed by atoms with E-state index in [4.69, 9.17) is 10.5 Å². The number of hydrogen-bond donors (Lipinski definition) is 1. The number of rotatable bonds is 4. The summed E-state index contributed by atoms with van der Waals surface area (Å²) in [6.45, 7) is 3.59. The lowest BCUT2D eigenvalue weighted by Crippen LogP contribution is -2.35. The second kappa shape index (κ2) is 4.52. The van der Waals surface area contributed by atoms with Crippen LogP contribution in [-0.2, 0) is 4.74 Å². The summed E-state index contributed by atoms with van der Waals surface area (Å²) in [5, 5.41) is 0. The molecule has 0 aromatic rings. The first-order valence-electron chi connectivity index (χ1n) is 4.29. The molecule has 0 atom stereocenters. The van der Waals surface area contributed by atoms with E-state index >= 15 is 0 Å². The highest BCUT2D eigenvalue weighted by molar-refractivity contribution is 4.83. The minimum Gasteiger partial charge on any atom is -0.374 e. The third kappa shape index (κ3) is 2.64. The molecule has 1 rings (SSSR count). The molecular weight excluding hydrogens is 138 g/mol. The van der Waals surface area contributed by atoms with Crippen LogP contribution in [0, 0.1) is 5.92 Å². The first-order valence-corrected chi connectivity index (χ1v) is 4.29. The van der Waals surface area contributed by atoms with Crippen LogP contribution in [0.3, 0.4) is 0 Å². The van der Waals surface area contributed by atoms with E-state index in [1.165, 1.54) is 0 Å². The zero-order valence-corrected chi connectivity index (χ0v) is 7.12. The maximum absolute atomic E-state index is 5.51. The van der Waals surface area contributed by atoms with Gasteiger partial charge in [-0.25, -0.2) is 0 Å². The van der Waals surface area contributed by atoms with Crippen molar-refractivity contribution < 1.29 is 4.74 Å². The topological polar surface area (TPSA) is 35.2 Å². The van der Waals surface area contributed by atoms with Crippen molar-refractivity contribution in [3.8, 4) is 0 Å². The Hall–Kier alpha value is -0.340. The predicted octanol–water partition coefficient (Wildman–Crippen LogP) is 1.32. The molecule has 0 radical (unpaired) electrons. The average molecular weight is 155 g/mol. The fourth-order valence-corrected chi connectivity index (χ4v) is 1.29. The standard InChI is InChI=1S/C9H17NO/c1-2-3-4-11-9-5-8(6-9)7-10/h2-3,8-9H,4-7,10H2,1H3. The highest BCUT2D eigenvalue weighted by Gasteiger charge is 2.27. The molecule has 0 unspecified atom stereocenters. The molecule has 64 valence electrons. The van der Waals surface area contributed by atoms with Crippen LogP contribution in [0.2, 0.25) is 0 Å². The fraction of sp³-hybridized carbons (Fsp3) is 0.778. The van der Waals surface area contributed by atoms with Gasteiger partial charge >= 0.3 is 0 Å². The Morgan fingerprint density at radius 1 is 1.55 bits per heavy atom. The normalized spacial score (nSPS) is 30.7. The van der Waals surface area contributed by atoms with E-state index in [9.17, 15) is 0 Å². The Kier molecular flexibility index (Phi) is 3.60. The minimum absolute atomic E-state index is 0.486. The molecule has 0 aromatic carbocycles. The minimum atomic E-state index is 0.486. The van der Waals surface area contributed by atoms with Gasteiger partial charge in [0.15, 0.2) is 0 Å². The van der Waals surface area contributed by atoms with E-state index < -0.39 is 0 Å². The second-order valence-corrected chi connectivity index (χ2v) is 3.10. The fourth-order valence-electron chi connectivity index (χ4n) is 1.29. The maximum atomic E-state index is 5.51. The van der Waals surface area contributed by atoms with Crippen molar-refractivity contribution in [1.82, 2.24) is 0 Å². The van der Waals surface area contributed by atoms with Gasteiger partial charge in [-0.1, -0.05) is 12.2 Å². The third-order valence-corrected chi connectivity index (χ3v) is 2.19. The van der Waals surface area contributed by atoms with E-state index in [1.807, 2.05) is 19.1 Å². The first-order chi connectivity index (χ1) is 5.36. The number of ether oxygens (including phenoxy) is 1. The van der Waals surface area contributed by atoms with E-state index in [0.29, 0.717) is 6.10 Å². The summed E-state index contributed by atoms with van der Waals surface area (Å²) in [5.74, 6) is 0.727. The van der Waals surface area contributed by atoms with Gasteiger partial charge < -0.3 is 10.5 Å². The zero-order valence-electron chi connectivity index (χ0n) is 7.12. The van der Waals surface area contributed by atoms with Gasteiger partial charge in [-0.2, -0.15) is 0 Å². The van der Waals surface area contributed by atoms with Crippen LogP contribution in [0.1, 0.15) is 19.8 Å². The van der Waals surface area contributed by atoms with Gasteiger partial charge in [-0.3, -0.25) is 0 Å². The summed E-state index contributed by atoms with van der Waals surface area (Å²) >= 11 is 0. The predicted molar refractivity (Wildman–Crippen MR) is 46.3 cm³/mol. The Balaban J connectivity index is 1.96. The van der Waals surface area contributed by atoms with Gasteiger partial charge in [0.2, 0.25) is 0 Å². The van der Waals surface area contributed by atoms with Crippen molar-refractivity contribution in [3.05, 3.63) is 12.2 Å². The van der Waals surface area contributed by atoms with Crippen LogP contribution >= 0.6 is 0 Å². The quantitative estimate of drug-likeness (QED) is 0.621. The Morgan fingerprint density at radius 3 is 2.82 bits per heavy atom. The van der Waals surface area contributed by atoms with E-state index in [0.717, 1.165) is 31.9 Å². The van der Waals surface area contributed by atoms with Crippen molar-refractivity contribution >= 4 is 0 Å². The smallest absolute Gasteiger partial charge is 0.0651 e. The Morgan fingerprint density at radius 2 is 2.27 bits per heavy atom. The lowest BCUT2D eigenvalue weighted by Gasteiger charge is -2.33. The third-order valence-electron chi connectivity index (χ3n) is 2.19. The molecule has 0 bridgehead atoms. The van der Waals surface area contributed by atoms with Gasteiger partial charge in [0.1, 0.15) is 0 Å². The van der Waals surface area contributed by atoms with Crippen molar-refractivity contribution in [1.29, 1.82) is 0 Å². The molecule has 0 aromatic heterocycles. The molecule has 2 N–H and O–H groups in total. The molecule has 0 heterocycles. The lowest BCUT2D eigenvalue weighted by atomic mass is 9.82.